The fraction of sp³-hybridized carbons (Fsp3) is 0.304. The Morgan fingerprint density at radius 1 is 1.09 bits per heavy atom. The summed E-state index contributed by atoms with van der Waals surface area (Å²) in [7, 11) is 0. The molecule has 0 spiro atoms. The third-order valence-electron chi connectivity index (χ3n) is 5.83. The van der Waals surface area contributed by atoms with Crippen LogP contribution >= 0.6 is 11.3 Å². The zero-order valence-electron chi connectivity index (χ0n) is 18.0. The number of thiophene rings is 1. The molecule has 0 bridgehead atoms. The summed E-state index contributed by atoms with van der Waals surface area (Å²) in [6.07, 6.45) is 0. The van der Waals surface area contributed by atoms with Crippen LogP contribution in [0.25, 0.3) is 10.1 Å². The molecule has 0 saturated carbocycles. The predicted molar refractivity (Wildman–Crippen MR) is 125 cm³/mol. The van der Waals surface area contributed by atoms with E-state index in [9.17, 15) is 19.7 Å². The molecule has 4 rings (SSSR count). The number of piperazine rings is 1. The maximum atomic E-state index is 12.9. The number of carbonyl (C=O) groups is 2. The smallest absolute Gasteiger partial charge is 0.270 e. The van der Waals surface area contributed by atoms with Crippen molar-refractivity contribution >= 4 is 44.6 Å². The van der Waals surface area contributed by atoms with Gasteiger partial charge >= 0.3 is 0 Å². The number of hydrogen-bond donors (Lipinski definition) is 1. The van der Waals surface area contributed by atoms with Gasteiger partial charge < -0.3 is 10.2 Å². The Balaban J connectivity index is 1.33. The van der Waals surface area contributed by atoms with E-state index in [0.717, 1.165) is 21.5 Å². The summed E-state index contributed by atoms with van der Waals surface area (Å²) in [6, 6.07) is 12.2. The number of anilines is 1. The highest BCUT2D eigenvalue weighted by atomic mass is 32.1. The Morgan fingerprint density at radius 3 is 2.56 bits per heavy atom. The van der Waals surface area contributed by atoms with E-state index in [4.69, 9.17) is 0 Å². The molecule has 3 aromatic rings. The Labute approximate surface area is 189 Å². The molecule has 1 N–H and O–H groups in total. The van der Waals surface area contributed by atoms with Gasteiger partial charge in [0.1, 0.15) is 0 Å². The summed E-state index contributed by atoms with van der Waals surface area (Å²) in [5.41, 5.74) is 3.03. The molecule has 32 heavy (non-hydrogen) atoms. The van der Waals surface area contributed by atoms with Gasteiger partial charge in [0, 0.05) is 54.1 Å². The molecule has 8 nitrogen and oxygen atoms in total. The normalized spacial score (nSPS) is 14.5. The van der Waals surface area contributed by atoms with Crippen molar-refractivity contribution in [2.75, 3.05) is 38.0 Å². The number of amides is 2. The number of aryl methyl sites for hydroxylation is 1. The molecular formula is C23H24N4O4S. The van der Waals surface area contributed by atoms with Crippen molar-refractivity contribution in [3.8, 4) is 0 Å². The van der Waals surface area contributed by atoms with Crippen LogP contribution in [-0.2, 0) is 4.79 Å². The van der Waals surface area contributed by atoms with Crippen molar-refractivity contribution < 1.29 is 14.5 Å². The van der Waals surface area contributed by atoms with Crippen LogP contribution in [0.15, 0.2) is 42.5 Å². The molecule has 0 radical (unpaired) electrons. The van der Waals surface area contributed by atoms with E-state index in [2.05, 4.69) is 5.32 Å². The number of benzene rings is 2. The van der Waals surface area contributed by atoms with Crippen LogP contribution in [0.2, 0.25) is 0 Å². The van der Waals surface area contributed by atoms with Crippen LogP contribution in [0.1, 0.15) is 20.8 Å². The Morgan fingerprint density at radius 2 is 1.84 bits per heavy atom. The molecule has 1 aliphatic heterocycles. The Bertz CT molecular complexity index is 1200. The number of nitrogens with one attached hydrogen (secondary N) is 1. The van der Waals surface area contributed by atoms with E-state index < -0.39 is 4.92 Å². The first-order valence-electron chi connectivity index (χ1n) is 10.4. The van der Waals surface area contributed by atoms with E-state index in [1.807, 2.05) is 36.9 Å². The molecule has 0 unspecified atom stereocenters. The molecular weight excluding hydrogens is 428 g/mol. The predicted octanol–water partition coefficient (Wildman–Crippen LogP) is 3.82. The molecule has 1 aromatic heterocycles. The SMILES string of the molecule is Cc1cccc(NC(=O)CN2CCN(C(=O)c3cc4cc([N+](=O)[O-])ccc4s3)CC2)c1C. The molecule has 0 aliphatic carbocycles. The standard InChI is InChI=1S/C23H24N4O4S/c1-15-4-3-5-19(16(15)2)24-22(28)14-25-8-10-26(11-9-25)23(29)21-13-17-12-18(27(30)31)6-7-20(17)32-21/h3-7,12-13H,8-11,14H2,1-2H3,(H,24,28). The van der Waals surface area contributed by atoms with Gasteiger partial charge in [0.05, 0.1) is 16.3 Å². The van der Waals surface area contributed by atoms with E-state index in [-0.39, 0.29) is 24.0 Å². The van der Waals surface area contributed by atoms with Crippen LogP contribution in [0.3, 0.4) is 0 Å². The first kappa shape index (κ1) is 21.9. The van der Waals surface area contributed by atoms with Gasteiger partial charge in [-0.1, -0.05) is 12.1 Å². The molecule has 166 valence electrons. The average Bonchev–Trinajstić information content (AvgIpc) is 3.20. The summed E-state index contributed by atoms with van der Waals surface area (Å²) in [6.45, 7) is 6.57. The number of nitrogens with zero attached hydrogens (tertiary/aromatic N) is 3. The largest absolute Gasteiger partial charge is 0.335 e. The summed E-state index contributed by atoms with van der Waals surface area (Å²) in [5, 5.41) is 14.7. The highest BCUT2D eigenvalue weighted by molar-refractivity contribution is 7.20. The Hall–Kier alpha value is -3.30. The van der Waals surface area contributed by atoms with Crippen molar-refractivity contribution in [1.82, 2.24) is 9.80 Å². The van der Waals surface area contributed by atoms with Crippen molar-refractivity contribution in [1.29, 1.82) is 0 Å². The maximum absolute atomic E-state index is 12.9. The lowest BCUT2D eigenvalue weighted by Gasteiger charge is -2.34. The number of nitro benzene ring substituents is 1. The van der Waals surface area contributed by atoms with Crippen LogP contribution in [0.4, 0.5) is 11.4 Å². The number of rotatable bonds is 5. The second kappa shape index (κ2) is 9.05. The monoisotopic (exact) mass is 452 g/mol. The van der Waals surface area contributed by atoms with Crippen LogP contribution in [0, 0.1) is 24.0 Å². The van der Waals surface area contributed by atoms with Gasteiger partial charge in [-0.3, -0.25) is 24.6 Å². The van der Waals surface area contributed by atoms with Gasteiger partial charge in [-0.15, -0.1) is 11.3 Å². The second-order valence-electron chi connectivity index (χ2n) is 7.95. The van der Waals surface area contributed by atoms with Crippen molar-refractivity contribution in [2.45, 2.75) is 13.8 Å². The molecule has 2 heterocycles. The van der Waals surface area contributed by atoms with Crippen LogP contribution < -0.4 is 5.32 Å². The molecule has 9 heteroatoms. The van der Waals surface area contributed by atoms with Crippen molar-refractivity contribution in [2.24, 2.45) is 0 Å². The van der Waals surface area contributed by atoms with Gasteiger partial charge in [-0.25, -0.2) is 0 Å². The molecule has 2 aromatic carbocycles. The fourth-order valence-corrected chi connectivity index (χ4v) is 4.80. The van der Waals surface area contributed by atoms with Gasteiger partial charge in [-0.05, 0) is 43.2 Å². The third-order valence-corrected chi connectivity index (χ3v) is 6.93. The molecule has 2 amide bonds. The minimum Gasteiger partial charge on any atom is -0.335 e. The third kappa shape index (κ3) is 4.63. The van der Waals surface area contributed by atoms with E-state index >= 15 is 0 Å². The lowest BCUT2D eigenvalue weighted by Crippen LogP contribution is -2.50. The first-order valence-corrected chi connectivity index (χ1v) is 11.2. The Kier molecular flexibility index (Phi) is 6.20. The summed E-state index contributed by atoms with van der Waals surface area (Å²) in [4.78, 5) is 40.3. The topological polar surface area (TPSA) is 95.8 Å². The quantitative estimate of drug-likeness (QED) is 0.469. The second-order valence-corrected chi connectivity index (χ2v) is 9.04. The fourth-order valence-electron chi connectivity index (χ4n) is 3.79. The average molecular weight is 453 g/mol. The number of nitro groups is 1. The highest BCUT2D eigenvalue weighted by Gasteiger charge is 2.25. The van der Waals surface area contributed by atoms with Crippen molar-refractivity contribution in [3.05, 3.63) is 68.6 Å². The number of carbonyl (C=O) groups excluding carboxylic acids is 2. The highest BCUT2D eigenvalue weighted by Crippen LogP contribution is 2.30. The van der Waals surface area contributed by atoms with Gasteiger partial charge in [0.15, 0.2) is 0 Å². The zero-order chi connectivity index (χ0) is 22.8. The molecule has 1 saturated heterocycles. The maximum Gasteiger partial charge on any atom is 0.270 e. The van der Waals surface area contributed by atoms with E-state index in [0.29, 0.717) is 36.4 Å². The van der Waals surface area contributed by atoms with E-state index in [1.165, 1.54) is 23.5 Å². The summed E-state index contributed by atoms with van der Waals surface area (Å²) in [5.74, 6) is -0.141. The molecule has 0 atom stereocenters. The van der Waals surface area contributed by atoms with Gasteiger partial charge in [0.25, 0.3) is 11.6 Å². The first-order chi connectivity index (χ1) is 15.3. The summed E-state index contributed by atoms with van der Waals surface area (Å²) < 4.78 is 0.848. The van der Waals surface area contributed by atoms with Gasteiger partial charge in [-0.2, -0.15) is 0 Å². The molecule has 1 fully saturated rings. The lowest BCUT2D eigenvalue weighted by molar-refractivity contribution is -0.384. The molecule has 1 aliphatic rings. The van der Waals surface area contributed by atoms with Crippen LogP contribution in [-0.4, -0.2) is 59.3 Å². The number of hydrogen-bond acceptors (Lipinski definition) is 6. The lowest BCUT2D eigenvalue weighted by atomic mass is 10.1. The summed E-state index contributed by atoms with van der Waals surface area (Å²) >= 11 is 1.34. The van der Waals surface area contributed by atoms with Gasteiger partial charge in [0.2, 0.25) is 5.91 Å². The van der Waals surface area contributed by atoms with E-state index in [1.54, 1.807) is 17.0 Å². The zero-order valence-corrected chi connectivity index (χ0v) is 18.8. The minimum atomic E-state index is -0.436. The van der Waals surface area contributed by atoms with Crippen molar-refractivity contribution in [3.63, 3.8) is 0 Å². The number of fused-ring (bicyclic) bond motifs is 1. The minimum absolute atomic E-state index is 0.0158. The van der Waals surface area contributed by atoms with Crippen LogP contribution in [0.5, 0.6) is 0 Å². The number of non-ortho nitro benzene ring substituents is 1.